The number of aromatic nitrogens is 1. The second kappa shape index (κ2) is 7.95. The molecule has 0 saturated heterocycles. The van der Waals surface area contributed by atoms with Gasteiger partial charge in [-0.1, -0.05) is 33.1 Å². The monoisotopic (exact) mass is 314 g/mol. The molecule has 4 heteroatoms. The Labute approximate surface area is 138 Å². The van der Waals surface area contributed by atoms with Gasteiger partial charge in [0.25, 0.3) is 0 Å². The summed E-state index contributed by atoms with van der Waals surface area (Å²) in [7, 11) is 0. The summed E-state index contributed by atoms with van der Waals surface area (Å²) in [4.78, 5) is 16.4. The van der Waals surface area contributed by atoms with Gasteiger partial charge in [-0.05, 0) is 37.5 Å². The quantitative estimate of drug-likeness (QED) is 0.441. The van der Waals surface area contributed by atoms with E-state index in [9.17, 15) is 4.79 Å². The number of aryl methyl sites for hydroxylation is 1. The van der Waals surface area contributed by atoms with E-state index in [1.807, 2.05) is 6.07 Å². The Morgan fingerprint density at radius 1 is 1.26 bits per heavy atom. The second-order valence-electron chi connectivity index (χ2n) is 5.86. The Balaban J connectivity index is 2.47. The molecule has 23 heavy (non-hydrogen) atoms. The number of hydrogen-bond acceptors (Lipinski definition) is 4. The number of fused-ring (bicyclic) bond motifs is 1. The number of nitrogens with two attached hydrogens (primary N) is 1. The smallest absolute Gasteiger partial charge is 0.163 e. The third-order valence-corrected chi connectivity index (χ3v) is 4.09. The predicted molar refractivity (Wildman–Crippen MR) is 95.2 cm³/mol. The van der Waals surface area contributed by atoms with Gasteiger partial charge in [-0.25, -0.2) is 0 Å². The lowest BCUT2D eigenvalue weighted by Crippen LogP contribution is -2.07. The van der Waals surface area contributed by atoms with E-state index in [1.165, 1.54) is 12.8 Å². The number of ketones is 1. The molecule has 2 N–H and O–H groups in total. The normalized spacial score (nSPS) is 10.9. The van der Waals surface area contributed by atoms with Crippen molar-refractivity contribution in [2.24, 2.45) is 0 Å². The van der Waals surface area contributed by atoms with Crippen LogP contribution in [0.1, 0.15) is 62.4 Å². The number of anilines is 1. The molecule has 0 aliphatic heterocycles. The number of rotatable bonds is 8. The molecule has 4 nitrogen and oxygen atoms in total. The Bertz CT molecular complexity index is 695. The van der Waals surface area contributed by atoms with E-state index in [0.717, 1.165) is 35.7 Å². The third-order valence-electron chi connectivity index (χ3n) is 4.09. The highest BCUT2D eigenvalue weighted by Crippen LogP contribution is 2.36. The van der Waals surface area contributed by atoms with Gasteiger partial charge in [0.15, 0.2) is 5.78 Å². The van der Waals surface area contributed by atoms with Crippen LogP contribution in [0.2, 0.25) is 0 Å². The molecule has 1 heterocycles. The predicted octanol–water partition coefficient (Wildman–Crippen LogP) is 4.54. The number of Topliss-reactive ketones (excluding diaryl/α,β-unsaturated/α-hetero) is 1. The fourth-order valence-corrected chi connectivity index (χ4v) is 2.81. The van der Waals surface area contributed by atoms with Crippen molar-refractivity contribution in [3.8, 4) is 5.75 Å². The number of pyridine rings is 1. The van der Waals surface area contributed by atoms with Crippen LogP contribution in [0.15, 0.2) is 18.3 Å². The fourth-order valence-electron chi connectivity index (χ4n) is 2.81. The fraction of sp³-hybridized carbons (Fsp3) is 0.474. The van der Waals surface area contributed by atoms with Crippen molar-refractivity contribution in [3.63, 3.8) is 0 Å². The number of carbonyl (C=O) groups is 1. The van der Waals surface area contributed by atoms with E-state index >= 15 is 0 Å². The lowest BCUT2D eigenvalue weighted by molar-refractivity contribution is 0.101. The van der Waals surface area contributed by atoms with Gasteiger partial charge in [-0.2, -0.15) is 0 Å². The highest BCUT2D eigenvalue weighted by atomic mass is 16.5. The van der Waals surface area contributed by atoms with Crippen molar-refractivity contribution in [1.29, 1.82) is 0 Å². The molecular formula is C19H26N2O2. The summed E-state index contributed by atoms with van der Waals surface area (Å²) in [5, 5.41) is 0.885. The van der Waals surface area contributed by atoms with Crippen LogP contribution in [0, 0.1) is 0 Å². The standard InChI is InChI=1S/C19H26N2O2/c1-4-6-7-8-11-23-19-15(13(3)22)12-16(20)18-17(19)14(5-2)9-10-21-18/h9-10,12H,4-8,11,20H2,1-3H3. The molecule has 0 saturated carbocycles. The number of benzene rings is 1. The summed E-state index contributed by atoms with van der Waals surface area (Å²) in [5.41, 5.74) is 9.01. The number of carbonyl (C=O) groups excluding carboxylic acids is 1. The van der Waals surface area contributed by atoms with E-state index in [2.05, 4.69) is 18.8 Å². The maximum atomic E-state index is 12.0. The summed E-state index contributed by atoms with van der Waals surface area (Å²) >= 11 is 0. The average molecular weight is 314 g/mol. The Hall–Kier alpha value is -2.10. The van der Waals surface area contributed by atoms with Gasteiger partial charge in [-0.3, -0.25) is 9.78 Å². The Morgan fingerprint density at radius 3 is 2.70 bits per heavy atom. The van der Waals surface area contributed by atoms with Crippen molar-refractivity contribution in [1.82, 2.24) is 4.98 Å². The first-order valence-electron chi connectivity index (χ1n) is 8.43. The minimum atomic E-state index is -0.0342. The molecule has 0 aliphatic rings. The van der Waals surface area contributed by atoms with Crippen molar-refractivity contribution >= 4 is 22.4 Å². The lowest BCUT2D eigenvalue weighted by atomic mass is 9.99. The third kappa shape index (κ3) is 3.81. The van der Waals surface area contributed by atoms with Gasteiger partial charge in [0.1, 0.15) is 5.75 Å². The lowest BCUT2D eigenvalue weighted by Gasteiger charge is -2.16. The van der Waals surface area contributed by atoms with Crippen LogP contribution in [0.4, 0.5) is 5.69 Å². The Morgan fingerprint density at radius 2 is 2.04 bits per heavy atom. The zero-order valence-electron chi connectivity index (χ0n) is 14.3. The molecule has 1 aromatic carbocycles. The number of ether oxygens (including phenoxy) is 1. The minimum Gasteiger partial charge on any atom is -0.492 e. The molecule has 0 radical (unpaired) electrons. The van der Waals surface area contributed by atoms with Crippen molar-refractivity contribution < 1.29 is 9.53 Å². The van der Waals surface area contributed by atoms with E-state index in [0.29, 0.717) is 23.6 Å². The average Bonchev–Trinajstić information content (AvgIpc) is 2.55. The van der Waals surface area contributed by atoms with Crippen molar-refractivity contribution in [3.05, 3.63) is 29.5 Å². The summed E-state index contributed by atoms with van der Waals surface area (Å²) in [6.07, 6.45) is 7.11. The molecule has 124 valence electrons. The largest absolute Gasteiger partial charge is 0.492 e. The van der Waals surface area contributed by atoms with Crippen LogP contribution in [0.3, 0.4) is 0 Å². The Kier molecular flexibility index (Phi) is 5.97. The zero-order valence-corrected chi connectivity index (χ0v) is 14.3. The zero-order chi connectivity index (χ0) is 16.8. The molecule has 0 amide bonds. The van der Waals surface area contributed by atoms with Crippen LogP contribution in [0.25, 0.3) is 10.9 Å². The molecule has 1 aromatic heterocycles. The highest BCUT2D eigenvalue weighted by Gasteiger charge is 2.18. The van der Waals surface area contributed by atoms with Crippen molar-refractivity contribution in [2.75, 3.05) is 12.3 Å². The molecule has 2 rings (SSSR count). The van der Waals surface area contributed by atoms with Gasteiger partial charge in [-0.15, -0.1) is 0 Å². The maximum Gasteiger partial charge on any atom is 0.163 e. The van der Waals surface area contributed by atoms with Crippen LogP contribution in [-0.2, 0) is 6.42 Å². The molecule has 0 fully saturated rings. The summed E-state index contributed by atoms with van der Waals surface area (Å²) in [5.74, 6) is 0.608. The molecule has 0 aliphatic carbocycles. The van der Waals surface area contributed by atoms with Crippen LogP contribution >= 0.6 is 0 Å². The molecule has 0 unspecified atom stereocenters. The van der Waals surface area contributed by atoms with E-state index < -0.39 is 0 Å². The van der Waals surface area contributed by atoms with Crippen LogP contribution < -0.4 is 10.5 Å². The molecule has 2 aromatic rings. The SMILES string of the molecule is CCCCCCOc1c(C(C)=O)cc(N)c2nccc(CC)c12. The van der Waals surface area contributed by atoms with Gasteiger partial charge in [0.05, 0.1) is 23.4 Å². The molecule has 0 atom stereocenters. The summed E-state index contributed by atoms with van der Waals surface area (Å²) in [6.45, 7) is 6.42. The minimum absolute atomic E-state index is 0.0342. The van der Waals surface area contributed by atoms with Gasteiger partial charge in [0.2, 0.25) is 0 Å². The first-order chi connectivity index (χ1) is 11.1. The van der Waals surface area contributed by atoms with Gasteiger partial charge >= 0.3 is 0 Å². The molecule has 0 bridgehead atoms. The van der Waals surface area contributed by atoms with E-state index in [1.54, 1.807) is 19.2 Å². The van der Waals surface area contributed by atoms with E-state index in [4.69, 9.17) is 10.5 Å². The van der Waals surface area contributed by atoms with Crippen LogP contribution in [-0.4, -0.2) is 17.4 Å². The maximum absolute atomic E-state index is 12.0. The van der Waals surface area contributed by atoms with E-state index in [-0.39, 0.29) is 5.78 Å². The number of hydrogen-bond donors (Lipinski definition) is 1. The summed E-state index contributed by atoms with van der Waals surface area (Å²) < 4.78 is 6.04. The molecular weight excluding hydrogens is 288 g/mol. The highest BCUT2D eigenvalue weighted by molar-refractivity contribution is 6.07. The summed E-state index contributed by atoms with van der Waals surface area (Å²) in [6, 6.07) is 3.66. The second-order valence-corrected chi connectivity index (χ2v) is 5.86. The van der Waals surface area contributed by atoms with Crippen LogP contribution in [0.5, 0.6) is 5.75 Å². The van der Waals surface area contributed by atoms with Gasteiger partial charge < -0.3 is 10.5 Å². The topological polar surface area (TPSA) is 65.2 Å². The molecule has 0 spiro atoms. The van der Waals surface area contributed by atoms with Crippen molar-refractivity contribution in [2.45, 2.75) is 52.9 Å². The number of nitrogens with zero attached hydrogens (tertiary/aromatic N) is 1. The number of nitrogen functional groups attached to an aromatic ring is 1. The number of unbranched alkanes of at least 4 members (excludes halogenated alkanes) is 3. The van der Waals surface area contributed by atoms with Gasteiger partial charge in [0, 0.05) is 11.6 Å². The first kappa shape index (κ1) is 17.3. The first-order valence-corrected chi connectivity index (χ1v) is 8.43.